The van der Waals surface area contributed by atoms with Crippen molar-refractivity contribution in [3.8, 4) is 0 Å². The van der Waals surface area contributed by atoms with Crippen molar-refractivity contribution in [3.63, 3.8) is 0 Å². The summed E-state index contributed by atoms with van der Waals surface area (Å²) in [6.45, 7) is -43.8. The third-order valence-corrected chi connectivity index (χ3v) is 514. The van der Waals surface area contributed by atoms with Gasteiger partial charge in [-0.2, -0.15) is 0 Å². The fourth-order valence-corrected chi connectivity index (χ4v) is 918. The second-order valence-electron chi connectivity index (χ2n) is 29.2. The minimum atomic E-state index is -8.25. The maximum Gasteiger partial charge on any atom is 0.368 e. The Morgan fingerprint density at radius 3 is 0.912 bits per heavy atom. The van der Waals surface area contributed by atoms with Crippen LogP contribution in [0.25, 0.3) is 0 Å². The minimum absolute atomic E-state index is 0.0160. The molecule has 91 heteroatoms. The molecule has 0 aliphatic rings. The molecule has 0 amide bonds. The van der Waals surface area contributed by atoms with Crippen LogP contribution in [0.3, 0.4) is 0 Å². The standard InChI is InChI=1S/C22H137O45Si46/c1-12-13-14-15-16-17-18-19-20-21-22-98(10,50)102(81-36,53-69-24)66-113(110(92-47,93-48)59-75-30,111(60-76-31,99(11,51)94(2)3)107(86-41,87-42)56-72-27)104(63-97(8,9)62-96(5,6)7,112(108(88-43,89-44)57-73-28,109(90-45,91-46)58-74-29)65-100(77-32,78-33)52-68-23)67-103(105(82-37,83-38)54-70-25,106(84-39,85-40)55-71-26)64-101(79-34,80-35)61-95(4)49/h23-51,94H,12-22,68-93H2,1-11H3. The van der Waals surface area contributed by atoms with E-state index < -0.39 is 403 Å². The van der Waals surface area contributed by atoms with E-state index in [1.54, 1.807) is 19.6 Å². The highest BCUT2D eigenvalue weighted by atomic mass is 30.5. The second kappa shape index (κ2) is 55.6. The van der Waals surface area contributed by atoms with Crippen molar-refractivity contribution in [3.05, 3.63) is 0 Å². The molecule has 0 saturated carbocycles. The summed E-state index contributed by atoms with van der Waals surface area (Å²) >= 11 is 0. The van der Waals surface area contributed by atoms with Crippen LogP contribution in [0.4, 0.5) is 0 Å². The molecule has 0 aliphatic heterocycles. The van der Waals surface area contributed by atoms with Crippen molar-refractivity contribution >= 4 is 397 Å². The predicted octanol–water partition coefficient (Wildman–Crippen LogP) is -38.2. The predicted molar refractivity (Wildman–Crippen MR) is 536 cm³/mol. The molecule has 113 heavy (non-hydrogen) atoms. The molecule has 0 aromatic carbocycles. The zero-order chi connectivity index (χ0) is 87.6. The SMILES string of the molecule is CCCCCCCCCCCC[Si](C)(O)[Si](O[SiH2]O)(O[Si]([Si](O[SiH2]O)([SiH2]O)[SiH2]O)([Si](O[Si](C)(C)O[Si](C)(C)C)(O[Si](O[Si](O[Si](C)O)([SiH2]O)[SiH2]O)([Si](O[SiH2]O)([SiH2]O)[SiH2]O)[Si](O[SiH2]O)([SiH2]O)[SiH2]O)[Si](O[Si](O[SiH2]O)([SiH2]O)[SiH2]O)([Si](O[SiH2]O)([SiH2]O)[SiH2]O)[Si](O[SiH2]O)([SiH2]O)[SiH2]O)[Si](O[SiH2]O)([Si](O[SiH2]O)([SiH2]O)[SiH2]O)[Si](C)(O)[SiH](C)C)[SiH2]O. The quantitative estimate of drug-likeness (QED) is 0.0199. The van der Waals surface area contributed by atoms with E-state index in [0.717, 1.165) is 45.1 Å². The van der Waals surface area contributed by atoms with E-state index >= 15 is 4.80 Å². The van der Waals surface area contributed by atoms with Gasteiger partial charge >= 0.3 is 55.8 Å². The van der Waals surface area contributed by atoms with Gasteiger partial charge in [-0.1, -0.05) is 84.2 Å². The maximum absolute atomic E-state index is 15.8. The Bertz CT molecular complexity index is 2520. The Hall–Kier alpha value is 8.18. The number of rotatable bonds is 72. The summed E-state index contributed by atoms with van der Waals surface area (Å²) in [6, 6.07) is -0.434. The lowest BCUT2D eigenvalue weighted by Gasteiger charge is -2.74. The molecule has 0 heterocycles. The molecule has 679 valence electrons. The van der Waals surface area contributed by atoms with E-state index in [-0.39, 0.29) is 6.42 Å². The molecule has 6 atom stereocenters. The van der Waals surface area contributed by atoms with E-state index in [0.29, 0.717) is 19.3 Å². The van der Waals surface area contributed by atoms with Gasteiger partial charge in [0.25, 0.3) is 118 Å². The monoisotopic (exact) mass is 2410 g/mol. The molecule has 29 N–H and O–H groups in total. The van der Waals surface area contributed by atoms with Crippen molar-refractivity contribution in [2.75, 3.05) is 0 Å². The molecule has 0 spiro atoms. The summed E-state index contributed by atoms with van der Waals surface area (Å²) < 4.78 is 120. The van der Waals surface area contributed by atoms with Crippen LogP contribution in [0.1, 0.15) is 71.1 Å². The van der Waals surface area contributed by atoms with Gasteiger partial charge in [-0.05, 0) is 58.4 Å². The Kier molecular flexibility index (Phi) is 59.6. The van der Waals surface area contributed by atoms with Gasteiger partial charge in [0.15, 0.2) is 127 Å². The van der Waals surface area contributed by atoms with Crippen LogP contribution in [0, 0.1) is 0 Å². The zero-order valence-electron chi connectivity index (χ0n) is 66.7. The van der Waals surface area contributed by atoms with Crippen molar-refractivity contribution < 1.29 is 205 Å². The van der Waals surface area contributed by atoms with Gasteiger partial charge < -0.3 is 205 Å². The normalized spacial score (nSPS) is 24.4. The van der Waals surface area contributed by atoms with Crippen molar-refractivity contribution in [1.82, 2.24) is 0 Å². The van der Waals surface area contributed by atoms with Crippen LogP contribution in [-0.2, 0) is 65.8 Å². The highest BCUT2D eigenvalue weighted by Crippen LogP contribution is 2.58. The van der Waals surface area contributed by atoms with Gasteiger partial charge in [-0.3, -0.25) is 0 Å². The molecule has 0 bridgehead atoms. The second-order valence-corrected chi connectivity index (χ2v) is 294. The summed E-state index contributed by atoms with van der Waals surface area (Å²) in [5.41, 5.74) is 0. The van der Waals surface area contributed by atoms with Gasteiger partial charge in [0, 0.05) is 0 Å². The van der Waals surface area contributed by atoms with Crippen molar-refractivity contribution in [2.45, 2.75) is 143 Å². The summed E-state index contributed by atoms with van der Waals surface area (Å²) in [6.07, 6.45) is 7.23. The van der Waals surface area contributed by atoms with Crippen molar-refractivity contribution in [2.24, 2.45) is 0 Å². The van der Waals surface area contributed by atoms with Crippen LogP contribution >= 0.6 is 0 Å². The lowest BCUT2D eigenvalue weighted by Crippen LogP contribution is -3.17. The average molecular weight is 2410 g/mol. The average Bonchev–Trinajstić information content (AvgIpc) is 0.627. The minimum Gasteiger partial charge on any atom is -0.442 e. The molecular weight excluding hydrogens is 2280 g/mol. The topological polar surface area (TPSA) is 734 Å². The Labute approximate surface area is 736 Å². The molecule has 0 aliphatic carbocycles. The lowest BCUT2D eigenvalue weighted by molar-refractivity contribution is 0.289. The molecule has 6 unspecified atom stereocenters. The first-order valence-electron chi connectivity index (χ1n) is 36.5. The fraction of sp³-hybridized carbons (Fsp3) is 1.00. The first-order valence-corrected chi connectivity index (χ1v) is 152. The zero-order valence-corrected chi connectivity index (χ0v) is 124. The number of hydrogen-bond acceptors (Lipinski definition) is 45. The highest BCUT2D eigenvalue weighted by Gasteiger charge is 3.03. The van der Waals surface area contributed by atoms with Gasteiger partial charge in [0.2, 0.25) is 88.6 Å². The van der Waals surface area contributed by atoms with Crippen LogP contribution in [0.5, 0.6) is 0 Å². The molecule has 0 saturated heterocycles. The maximum atomic E-state index is 15.8. The summed E-state index contributed by atoms with van der Waals surface area (Å²) in [7, 11) is -157. The van der Waals surface area contributed by atoms with Crippen LogP contribution in [0.15, 0.2) is 0 Å². The van der Waals surface area contributed by atoms with E-state index in [4.69, 9.17) is 65.8 Å². The summed E-state index contributed by atoms with van der Waals surface area (Å²) in [5.74, 6) is 0. The van der Waals surface area contributed by atoms with Gasteiger partial charge in [-0.15, -0.1) is 0 Å². The molecule has 0 aromatic rings. The summed E-state index contributed by atoms with van der Waals surface area (Å²) in [5, 5.41) is 0. The Morgan fingerprint density at radius 1 is 0.301 bits per heavy atom. The number of unbranched alkanes of at least 4 members (excludes halogenated alkanes) is 9. The van der Waals surface area contributed by atoms with Gasteiger partial charge in [0.05, 0.1) is 8.31 Å². The largest absolute Gasteiger partial charge is 0.442 e. The lowest BCUT2D eigenvalue weighted by atomic mass is 10.1. The molecular formula is C22H137O45Si46. The van der Waals surface area contributed by atoms with Gasteiger partial charge in [0.1, 0.15) is 0 Å². The first-order chi connectivity index (χ1) is 53.0. The Balaban J connectivity index is 15.3. The van der Waals surface area contributed by atoms with Crippen LogP contribution < -0.4 is 0 Å². The van der Waals surface area contributed by atoms with Crippen LogP contribution in [-0.4, -0.2) is 536 Å². The molecule has 0 rings (SSSR count). The molecule has 1 radical (unpaired) electrons. The third kappa shape index (κ3) is 26.0. The summed E-state index contributed by atoms with van der Waals surface area (Å²) in [4.78, 5) is 382. The third-order valence-electron chi connectivity index (χ3n) is 20.6. The van der Waals surface area contributed by atoms with Crippen LogP contribution in [0.2, 0.25) is 71.5 Å². The fourth-order valence-electron chi connectivity index (χ4n) is 14.9. The van der Waals surface area contributed by atoms with E-state index in [9.17, 15) is 134 Å². The van der Waals surface area contributed by atoms with E-state index in [2.05, 4.69) is 6.92 Å². The highest BCUT2D eigenvalue weighted by molar-refractivity contribution is 8.28. The number of hydrogen-bond donors (Lipinski definition) is 29. The van der Waals surface area contributed by atoms with Gasteiger partial charge in [-0.25, -0.2) is 0 Å². The first kappa shape index (κ1) is 121. The van der Waals surface area contributed by atoms with Crippen molar-refractivity contribution in [1.29, 1.82) is 0 Å². The molecule has 0 fully saturated rings. The molecule has 0 aromatic heterocycles. The molecule has 45 nitrogen and oxygen atoms in total. The smallest absolute Gasteiger partial charge is 0.368 e. The Morgan fingerprint density at radius 2 is 0.619 bits per heavy atom. The van der Waals surface area contributed by atoms with E-state index in [1.165, 1.54) is 39.3 Å². The van der Waals surface area contributed by atoms with E-state index in [1.807, 2.05) is 0 Å².